The van der Waals surface area contributed by atoms with Gasteiger partial charge in [0.1, 0.15) is 6.61 Å². The average molecular weight is 359 g/mol. The summed E-state index contributed by atoms with van der Waals surface area (Å²) >= 11 is 1.48. The van der Waals surface area contributed by atoms with Gasteiger partial charge in [0.15, 0.2) is 6.10 Å². The Labute approximate surface area is 150 Å². The monoisotopic (exact) mass is 359 g/mol. The van der Waals surface area contributed by atoms with Gasteiger partial charge in [-0.05, 0) is 19.4 Å². The van der Waals surface area contributed by atoms with Crippen LogP contribution in [-0.2, 0) is 20.9 Å². The second-order valence-electron chi connectivity index (χ2n) is 6.18. The van der Waals surface area contributed by atoms with Gasteiger partial charge in [0.25, 0.3) is 5.91 Å². The van der Waals surface area contributed by atoms with Crippen LogP contribution in [0.4, 0.5) is 0 Å². The van der Waals surface area contributed by atoms with E-state index in [1.54, 1.807) is 10.4 Å². The van der Waals surface area contributed by atoms with Crippen LogP contribution < -0.4 is 5.32 Å². The topological polar surface area (TPSA) is 71.5 Å². The molecule has 132 valence electrons. The highest BCUT2D eigenvalue weighted by Crippen LogP contribution is 2.32. The van der Waals surface area contributed by atoms with Crippen molar-refractivity contribution in [3.05, 3.63) is 52.5 Å². The van der Waals surface area contributed by atoms with Gasteiger partial charge in [-0.3, -0.25) is 9.59 Å². The molecular weight excluding hydrogens is 338 g/mol. The average Bonchev–Trinajstić information content (AvgIpc) is 3.13. The third kappa shape index (κ3) is 3.88. The molecule has 2 heterocycles. The van der Waals surface area contributed by atoms with Crippen molar-refractivity contribution in [2.75, 3.05) is 6.61 Å². The minimum absolute atomic E-state index is 0.0320. The lowest BCUT2D eigenvalue weighted by Crippen LogP contribution is -2.56. The van der Waals surface area contributed by atoms with E-state index in [0.29, 0.717) is 6.54 Å². The van der Waals surface area contributed by atoms with Crippen molar-refractivity contribution in [1.82, 2.24) is 15.2 Å². The van der Waals surface area contributed by atoms with Crippen LogP contribution >= 0.6 is 11.3 Å². The number of nitrogens with zero attached hydrogens (tertiary/aromatic N) is 2. The molecule has 0 saturated carbocycles. The molecule has 2 atom stereocenters. The molecule has 1 N–H and O–H groups in total. The highest BCUT2D eigenvalue weighted by atomic mass is 32.1. The third-order valence-corrected chi connectivity index (χ3v) is 4.78. The van der Waals surface area contributed by atoms with Gasteiger partial charge in [-0.2, -0.15) is 0 Å². The zero-order chi connectivity index (χ0) is 17.8. The minimum Gasteiger partial charge on any atom is -0.356 e. The maximum atomic E-state index is 12.8. The molecule has 1 aliphatic rings. The van der Waals surface area contributed by atoms with Gasteiger partial charge in [-0.15, -0.1) is 11.3 Å². The van der Waals surface area contributed by atoms with Crippen molar-refractivity contribution in [1.29, 1.82) is 0 Å². The smallest absolute Gasteiger partial charge is 0.252 e. The molecule has 0 aliphatic carbocycles. The quantitative estimate of drug-likeness (QED) is 0.888. The summed E-state index contributed by atoms with van der Waals surface area (Å²) < 4.78 is 5.65. The highest BCUT2D eigenvalue weighted by molar-refractivity contribution is 7.07. The van der Waals surface area contributed by atoms with Crippen molar-refractivity contribution < 1.29 is 14.3 Å². The second-order valence-corrected chi connectivity index (χ2v) is 6.90. The molecule has 2 amide bonds. The number of thiazole rings is 1. The van der Waals surface area contributed by atoms with Crippen LogP contribution in [0.15, 0.2) is 41.2 Å². The predicted molar refractivity (Wildman–Crippen MR) is 94.9 cm³/mol. The molecule has 0 unspecified atom stereocenters. The number of carbonyl (C=O) groups excluding carboxylic acids is 2. The van der Waals surface area contributed by atoms with E-state index in [1.807, 2.05) is 49.6 Å². The van der Waals surface area contributed by atoms with E-state index in [9.17, 15) is 9.59 Å². The summed E-state index contributed by atoms with van der Waals surface area (Å²) in [5.41, 5.74) is 3.42. The Balaban J connectivity index is 1.84. The van der Waals surface area contributed by atoms with E-state index in [4.69, 9.17) is 4.74 Å². The number of hydrogen-bond acceptors (Lipinski definition) is 5. The Kier molecular flexibility index (Phi) is 5.45. The number of aromatic nitrogens is 1. The summed E-state index contributed by atoms with van der Waals surface area (Å²) in [6.07, 6.45) is -0.749. The molecule has 3 rings (SSSR count). The zero-order valence-electron chi connectivity index (χ0n) is 14.2. The summed E-state index contributed by atoms with van der Waals surface area (Å²) in [6, 6.07) is 9.07. The van der Waals surface area contributed by atoms with Crippen molar-refractivity contribution >= 4 is 23.2 Å². The van der Waals surface area contributed by atoms with Gasteiger partial charge in [-0.25, -0.2) is 4.98 Å². The van der Waals surface area contributed by atoms with Crippen LogP contribution in [0.25, 0.3) is 0 Å². The van der Waals surface area contributed by atoms with Crippen LogP contribution in [0, 0.1) is 0 Å². The maximum Gasteiger partial charge on any atom is 0.252 e. The van der Waals surface area contributed by atoms with E-state index in [0.717, 1.165) is 11.3 Å². The fraction of sp³-hybridized carbons (Fsp3) is 0.389. The Bertz CT molecular complexity index is 718. The lowest BCUT2D eigenvalue weighted by Gasteiger charge is -2.42. The van der Waals surface area contributed by atoms with E-state index in [2.05, 4.69) is 10.3 Å². The van der Waals surface area contributed by atoms with E-state index >= 15 is 0 Å². The first kappa shape index (κ1) is 17.6. The number of ether oxygens (including phenoxy) is 1. The molecule has 1 aliphatic heterocycles. The lowest BCUT2D eigenvalue weighted by molar-refractivity contribution is -0.167. The van der Waals surface area contributed by atoms with Crippen molar-refractivity contribution in [3.63, 3.8) is 0 Å². The number of amides is 2. The summed E-state index contributed by atoms with van der Waals surface area (Å²) in [6.45, 7) is 4.16. The van der Waals surface area contributed by atoms with Gasteiger partial charge in [0, 0.05) is 11.4 Å². The Morgan fingerprint density at radius 1 is 1.40 bits per heavy atom. The van der Waals surface area contributed by atoms with Crippen molar-refractivity contribution in [3.8, 4) is 0 Å². The first-order valence-corrected chi connectivity index (χ1v) is 9.14. The first-order chi connectivity index (χ1) is 12.1. The molecule has 1 aromatic heterocycles. The maximum absolute atomic E-state index is 12.8. The first-order valence-electron chi connectivity index (χ1n) is 8.20. The molecule has 0 radical (unpaired) electrons. The molecule has 1 fully saturated rings. The summed E-state index contributed by atoms with van der Waals surface area (Å²) in [4.78, 5) is 31.1. The van der Waals surface area contributed by atoms with Crippen LogP contribution in [0.1, 0.15) is 31.1 Å². The minimum atomic E-state index is -0.749. The van der Waals surface area contributed by atoms with Crippen molar-refractivity contribution in [2.24, 2.45) is 0 Å². The third-order valence-electron chi connectivity index (χ3n) is 4.14. The summed E-state index contributed by atoms with van der Waals surface area (Å²) in [5, 5.41) is 4.76. The normalized spacial score (nSPS) is 20.8. The Hall–Kier alpha value is -2.25. The summed E-state index contributed by atoms with van der Waals surface area (Å²) in [7, 11) is 0. The highest BCUT2D eigenvalue weighted by Gasteiger charge is 2.42. The van der Waals surface area contributed by atoms with Gasteiger partial charge in [0.2, 0.25) is 5.91 Å². The SMILES string of the molecule is CC(C)N1C(=O)CO[C@H](C(=O)NCc2cscn2)[C@H]1c1ccccc1. The van der Waals surface area contributed by atoms with E-state index < -0.39 is 12.1 Å². The standard InChI is InChI=1S/C18H21N3O3S/c1-12(2)21-15(22)9-24-17(16(21)13-6-4-3-5-7-13)18(23)19-8-14-10-25-11-20-14/h3-7,10-12,16-17H,8-9H2,1-2H3,(H,19,23)/t16-,17+/m1/s1. The lowest BCUT2D eigenvalue weighted by atomic mass is 9.96. The van der Waals surface area contributed by atoms with Gasteiger partial charge in [-0.1, -0.05) is 30.3 Å². The largest absolute Gasteiger partial charge is 0.356 e. The molecule has 25 heavy (non-hydrogen) atoms. The molecule has 2 aromatic rings. The van der Waals surface area contributed by atoms with Crippen LogP contribution in [0.2, 0.25) is 0 Å². The van der Waals surface area contributed by atoms with Gasteiger partial charge in [0.05, 0.1) is 23.8 Å². The van der Waals surface area contributed by atoms with E-state index in [-0.39, 0.29) is 24.5 Å². The van der Waals surface area contributed by atoms with Crippen LogP contribution in [-0.4, -0.2) is 40.5 Å². The Morgan fingerprint density at radius 2 is 2.16 bits per heavy atom. The predicted octanol–water partition coefficient (Wildman–Crippen LogP) is 2.14. The number of nitrogens with one attached hydrogen (secondary N) is 1. The molecule has 0 bridgehead atoms. The van der Waals surface area contributed by atoms with Gasteiger partial charge < -0.3 is 15.0 Å². The van der Waals surface area contributed by atoms with E-state index in [1.165, 1.54) is 11.3 Å². The molecular formula is C18H21N3O3S. The van der Waals surface area contributed by atoms with Crippen LogP contribution in [0.5, 0.6) is 0 Å². The molecule has 1 aromatic carbocycles. The van der Waals surface area contributed by atoms with Crippen LogP contribution in [0.3, 0.4) is 0 Å². The Morgan fingerprint density at radius 3 is 2.80 bits per heavy atom. The fourth-order valence-electron chi connectivity index (χ4n) is 3.04. The van der Waals surface area contributed by atoms with Gasteiger partial charge >= 0.3 is 0 Å². The second kappa shape index (κ2) is 7.76. The number of hydrogen-bond donors (Lipinski definition) is 1. The molecule has 7 heteroatoms. The fourth-order valence-corrected chi connectivity index (χ4v) is 3.60. The molecule has 0 spiro atoms. The number of rotatable bonds is 5. The molecule has 6 nitrogen and oxygen atoms in total. The summed E-state index contributed by atoms with van der Waals surface area (Å²) in [5.74, 6) is -0.340. The zero-order valence-corrected chi connectivity index (χ0v) is 15.0. The number of benzene rings is 1. The number of carbonyl (C=O) groups is 2. The number of morpholine rings is 1. The van der Waals surface area contributed by atoms with Crippen molar-refractivity contribution in [2.45, 2.75) is 38.6 Å². The molecule has 1 saturated heterocycles.